The lowest BCUT2D eigenvalue weighted by Crippen LogP contribution is -2.26. The van der Waals surface area contributed by atoms with Crippen LogP contribution in [0.3, 0.4) is 0 Å². The molecule has 0 amide bonds. The van der Waals surface area contributed by atoms with Gasteiger partial charge in [-0.1, -0.05) is 17.7 Å². The van der Waals surface area contributed by atoms with Crippen LogP contribution in [0.25, 0.3) is 0 Å². The van der Waals surface area contributed by atoms with E-state index in [1.165, 1.54) is 34.4 Å². The largest absolute Gasteiger partial charge is 0.373 e. The minimum Gasteiger partial charge on any atom is -0.373 e. The molecule has 0 atom stereocenters. The Morgan fingerprint density at radius 2 is 1.81 bits per heavy atom. The Bertz CT molecular complexity index is 661. The molecule has 0 unspecified atom stereocenters. The second kappa shape index (κ2) is 5.10. The van der Waals surface area contributed by atoms with Crippen molar-refractivity contribution in [2.24, 2.45) is 7.05 Å². The molecule has 0 aliphatic carbocycles. The van der Waals surface area contributed by atoms with Crippen LogP contribution in [0, 0.1) is 20.8 Å². The zero-order valence-corrected chi connectivity index (χ0v) is 13.6. The zero-order chi connectivity index (χ0) is 15.1. The van der Waals surface area contributed by atoms with Crippen LogP contribution in [0.1, 0.15) is 28.7 Å². The summed E-state index contributed by atoms with van der Waals surface area (Å²) in [6.45, 7) is 7.60. The first kappa shape index (κ1) is 14.0. The van der Waals surface area contributed by atoms with Crippen molar-refractivity contribution in [3.63, 3.8) is 0 Å². The highest BCUT2D eigenvalue weighted by Gasteiger charge is 2.27. The van der Waals surface area contributed by atoms with Crippen LogP contribution in [0.15, 0.2) is 12.1 Å². The van der Waals surface area contributed by atoms with E-state index in [2.05, 4.69) is 43.1 Å². The summed E-state index contributed by atoms with van der Waals surface area (Å²) in [6, 6.07) is 4.52. The van der Waals surface area contributed by atoms with E-state index >= 15 is 0 Å². The molecule has 1 N–H and O–H groups in total. The molecular weight excluding hydrogens is 260 g/mol. The van der Waals surface area contributed by atoms with Crippen molar-refractivity contribution in [3.05, 3.63) is 34.4 Å². The standard InChI is InChI=1S/C17H24N4/c1-11-9-12(2)15(13(3)10-11)21-8-6-7-14-16(18-4)20(5)19-17(14)21/h9-10,18H,6-8H2,1-5H3. The summed E-state index contributed by atoms with van der Waals surface area (Å²) >= 11 is 0. The van der Waals surface area contributed by atoms with Crippen LogP contribution in [-0.4, -0.2) is 23.4 Å². The van der Waals surface area contributed by atoms with Gasteiger partial charge < -0.3 is 10.2 Å². The van der Waals surface area contributed by atoms with Gasteiger partial charge in [0.05, 0.1) is 0 Å². The Morgan fingerprint density at radius 3 is 2.43 bits per heavy atom. The minimum atomic E-state index is 1.04. The smallest absolute Gasteiger partial charge is 0.160 e. The fraction of sp³-hybridized carbons (Fsp3) is 0.471. The van der Waals surface area contributed by atoms with Gasteiger partial charge >= 0.3 is 0 Å². The Morgan fingerprint density at radius 1 is 1.14 bits per heavy atom. The molecule has 1 aromatic carbocycles. The van der Waals surface area contributed by atoms with Gasteiger partial charge in [-0.25, -0.2) is 0 Å². The minimum absolute atomic E-state index is 1.04. The molecule has 4 nitrogen and oxygen atoms in total. The number of fused-ring (bicyclic) bond motifs is 1. The van der Waals surface area contributed by atoms with E-state index in [0.29, 0.717) is 0 Å². The van der Waals surface area contributed by atoms with Gasteiger partial charge in [-0.3, -0.25) is 4.68 Å². The number of nitrogens with zero attached hydrogens (tertiary/aromatic N) is 3. The predicted molar refractivity (Wildman–Crippen MR) is 88.7 cm³/mol. The van der Waals surface area contributed by atoms with Crippen molar-refractivity contribution < 1.29 is 0 Å². The fourth-order valence-corrected chi connectivity index (χ4v) is 3.65. The van der Waals surface area contributed by atoms with E-state index in [4.69, 9.17) is 5.10 Å². The highest BCUT2D eigenvalue weighted by Crippen LogP contribution is 2.39. The second-order valence-corrected chi connectivity index (χ2v) is 6.03. The van der Waals surface area contributed by atoms with Crippen LogP contribution in [0.2, 0.25) is 0 Å². The van der Waals surface area contributed by atoms with Gasteiger partial charge in [-0.2, -0.15) is 5.10 Å². The van der Waals surface area contributed by atoms with Crippen LogP contribution in [0.4, 0.5) is 17.3 Å². The number of hydrogen-bond donors (Lipinski definition) is 1. The van der Waals surface area contributed by atoms with Crippen LogP contribution in [0.5, 0.6) is 0 Å². The molecule has 0 fully saturated rings. The van der Waals surface area contributed by atoms with Crippen molar-refractivity contribution >= 4 is 17.3 Å². The van der Waals surface area contributed by atoms with E-state index in [1.54, 1.807) is 0 Å². The van der Waals surface area contributed by atoms with Crippen molar-refractivity contribution in [1.82, 2.24) is 9.78 Å². The van der Waals surface area contributed by atoms with Crippen LogP contribution < -0.4 is 10.2 Å². The number of rotatable bonds is 2. The highest BCUT2D eigenvalue weighted by molar-refractivity contribution is 5.74. The molecule has 0 radical (unpaired) electrons. The summed E-state index contributed by atoms with van der Waals surface area (Å²) in [5.74, 6) is 2.25. The van der Waals surface area contributed by atoms with E-state index < -0.39 is 0 Å². The van der Waals surface area contributed by atoms with Gasteiger partial charge in [0.15, 0.2) is 5.82 Å². The maximum Gasteiger partial charge on any atom is 0.160 e. The maximum atomic E-state index is 4.76. The van der Waals surface area contributed by atoms with Gasteiger partial charge in [0.25, 0.3) is 0 Å². The first-order chi connectivity index (χ1) is 10.0. The van der Waals surface area contributed by atoms with E-state index in [1.807, 2.05) is 18.8 Å². The van der Waals surface area contributed by atoms with Crippen LogP contribution in [-0.2, 0) is 13.5 Å². The molecule has 112 valence electrons. The van der Waals surface area contributed by atoms with Crippen LogP contribution >= 0.6 is 0 Å². The van der Waals surface area contributed by atoms with Gasteiger partial charge in [0, 0.05) is 31.9 Å². The molecule has 2 aromatic rings. The first-order valence-corrected chi connectivity index (χ1v) is 7.62. The van der Waals surface area contributed by atoms with E-state index in [0.717, 1.165) is 24.6 Å². The molecule has 1 aliphatic rings. The number of benzene rings is 1. The third-order valence-corrected chi connectivity index (χ3v) is 4.33. The zero-order valence-electron chi connectivity index (χ0n) is 13.6. The van der Waals surface area contributed by atoms with Crippen molar-refractivity contribution in [3.8, 4) is 0 Å². The third kappa shape index (κ3) is 2.19. The van der Waals surface area contributed by atoms with Gasteiger partial charge in [-0.05, 0) is 44.7 Å². The van der Waals surface area contributed by atoms with Crippen molar-refractivity contribution in [1.29, 1.82) is 0 Å². The summed E-state index contributed by atoms with van der Waals surface area (Å²) in [5.41, 5.74) is 6.64. The third-order valence-electron chi connectivity index (χ3n) is 4.33. The summed E-state index contributed by atoms with van der Waals surface area (Å²) in [4.78, 5) is 2.39. The van der Waals surface area contributed by atoms with Crippen molar-refractivity contribution in [2.45, 2.75) is 33.6 Å². The molecule has 0 bridgehead atoms. The molecule has 4 heteroatoms. The fourth-order valence-electron chi connectivity index (χ4n) is 3.65. The lowest BCUT2D eigenvalue weighted by Gasteiger charge is -2.30. The Labute approximate surface area is 126 Å². The highest BCUT2D eigenvalue weighted by atomic mass is 15.4. The quantitative estimate of drug-likeness (QED) is 0.916. The second-order valence-electron chi connectivity index (χ2n) is 6.03. The Balaban J connectivity index is 2.15. The van der Waals surface area contributed by atoms with E-state index in [-0.39, 0.29) is 0 Å². The molecule has 1 aliphatic heterocycles. The summed E-state index contributed by atoms with van der Waals surface area (Å²) in [7, 11) is 3.98. The summed E-state index contributed by atoms with van der Waals surface area (Å²) < 4.78 is 1.96. The summed E-state index contributed by atoms with van der Waals surface area (Å²) in [6.07, 6.45) is 2.26. The number of aromatic nitrogens is 2. The van der Waals surface area contributed by atoms with Gasteiger partial charge in [0.2, 0.25) is 0 Å². The Hall–Kier alpha value is -1.97. The molecule has 0 spiro atoms. The average Bonchev–Trinajstić information content (AvgIpc) is 2.73. The Kier molecular flexibility index (Phi) is 3.40. The molecule has 2 heterocycles. The number of anilines is 3. The first-order valence-electron chi connectivity index (χ1n) is 7.62. The lowest BCUT2D eigenvalue weighted by molar-refractivity contribution is 0.741. The SMILES string of the molecule is CNc1c2c(nn1C)N(c1c(C)cc(C)cc1C)CCC2. The number of aryl methyl sites for hydroxylation is 4. The summed E-state index contributed by atoms with van der Waals surface area (Å²) in [5, 5.41) is 8.05. The molecule has 21 heavy (non-hydrogen) atoms. The normalized spacial score (nSPS) is 14.2. The predicted octanol–water partition coefficient (Wildman–Crippen LogP) is 3.47. The van der Waals surface area contributed by atoms with Crippen molar-refractivity contribution in [2.75, 3.05) is 23.8 Å². The molecule has 0 saturated heterocycles. The average molecular weight is 284 g/mol. The number of nitrogens with one attached hydrogen (secondary N) is 1. The maximum absolute atomic E-state index is 4.76. The monoisotopic (exact) mass is 284 g/mol. The topological polar surface area (TPSA) is 33.1 Å². The van der Waals surface area contributed by atoms with Gasteiger partial charge in [-0.15, -0.1) is 0 Å². The molecule has 3 rings (SSSR count). The lowest BCUT2D eigenvalue weighted by atomic mass is 10.0. The van der Waals surface area contributed by atoms with E-state index in [9.17, 15) is 0 Å². The number of hydrogen-bond acceptors (Lipinski definition) is 3. The molecular formula is C17H24N4. The van der Waals surface area contributed by atoms with Gasteiger partial charge in [0.1, 0.15) is 5.82 Å². The molecule has 0 saturated carbocycles. The molecule has 1 aromatic heterocycles.